The van der Waals surface area contributed by atoms with Crippen LogP contribution >= 0.6 is 0 Å². The maximum Gasteiger partial charge on any atom is 0.163 e. The van der Waals surface area contributed by atoms with Crippen molar-refractivity contribution in [2.75, 3.05) is 0 Å². The highest BCUT2D eigenvalue weighted by Crippen LogP contribution is 2.36. The Morgan fingerprint density at radius 3 is 2.61 bits per heavy atom. The molecule has 0 bridgehead atoms. The van der Waals surface area contributed by atoms with Crippen LogP contribution in [0.4, 0.5) is 0 Å². The minimum absolute atomic E-state index is 0.289. The average Bonchev–Trinajstić information content (AvgIpc) is 2.40. The zero-order valence-electron chi connectivity index (χ0n) is 10.5. The molecule has 1 nitrogen and oxygen atoms in total. The zero-order valence-corrected chi connectivity index (χ0v) is 10.5. The van der Waals surface area contributed by atoms with Gasteiger partial charge in [-0.15, -0.1) is 0 Å². The Morgan fingerprint density at radius 2 is 1.83 bits per heavy atom. The maximum absolute atomic E-state index is 12.0. The molecule has 1 atom stereocenters. The lowest BCUT2D eigenvalue weighted by Crippen LogP contribution is -2.16. The number of ketones is 1. The van der Waals surface area contributed by atoms with E-state index in [2.05, 4.69) is 37.3 Å². The molecule has 18 heavy (non-hydrogen) atoms. The third kappa shape index (κ3) is 1.86. The van der Waals surface area contributed by atoms with Gasteiger partial charge < -0.3 is 0 Å². The van der Waals surface area contributed by atoms with Gasteiger partial charge in [0.2, 0.25) is 0 Å². The van der Waals surface area contributed by atoms with Crippen LogP contribution in [0.2, 0.25) is 0 Å². The molecule has 1 aliphatic rings. The molecule has 90 valence electrons. The van der Waals surface area contributed by atoms with Crippen molar-refractivity contribution in [3.63, 3.8) is 0 Å². The summed E-state index contributed by atoms with van der Waals surface area (Å²) in [6.45, 7) is 2.08. The predicted molar refractivity (Wildman–Crippen MR) is 73.0 cm³/mol. The fourth-order valence-electron chi connectivity index (χ4n) is 2.82. The summed E-state index contributed by atoms with van der Waals surface area (Å²) >= 11 is 0. The average molecular weight is 236 g/mol. The van der Waals surface area contributed by atoms with Crippen LogP contribution in [0.3, 0.4) is 0 Å². The van der Waals surface area contributed by atoms with Crippen LogP contribution in [-0.4, -0.2) is 5.78 Å². The van der Waals surface area contributed by atoms with Crippen molar-refractivity contribution in [1.29, 1.82) is 0 Å². The molecule has 0 N–H and O–H groups in total. The molecule has 0 saturated carbocycles. The number of hydrogen-bond donors (Lipinski definition) is 0. The third-order valence-electron chi connectivity index (χ3n) is 3.74. The zero-order chi connectivity index (χ0) is 12.5. The van der Waals surface area contributed by atoms with Crippen LogP contribution in [0.1, 0.15) is 45.8 Å². The maximum atomic E-state index is 12.0. The van der Waals surface area contributed by atoms with E-state index in [0.717, 1.165) is 12.0 Å². The molecular weight excluding hydrogens is 220 g/mol. The molecule has 1 heteroatoms. The summed E-state index contributed by atoms with van der Waals surface area (Å²) in [6, 6.07) is 16.7. The van der Waals surface area contributed by atoms with Crippen molar-refractivity contribution in [2.24, 2.45) is 0 Å². The van der Waals surface area contributed by atoms with Crippen molar-refractivity contribution in [3.8, 4) is 0 Å². The number of carbonyl (C=O) groups excluding carboxylic acids is 1. The van der Waals surface area contributed by atoms with Gasteiger partial charge >= 0.3 is 0 Å². The summed E-state index contributed by atoms with van der Waals surface area (Å²) in [5, 5.41) is 0. The Hall–Kier alpha value is -1.89. The molecule has 0 spiro atoms. The van der Waals surface area contributed by atoms with Gasteiger partial charge in [0.25, 0.3) is 0 Å². The monoisotopic (exact) mass is 236 g/mol. The van der Waals surface area contributed by atoms with Crippen LogP contribution in [-0.2, 0) is 0 Å². The van der Waals surface area contributed by atoms with Gasteiger partial charge in [0.1, 0.15) is 0 Å². The van der Waals surface area contributed by atoms with E-state index in [9.17, 15) is 4.79 Å². The largest absolute Gasteiger partial charge is 0.294 e. The highest BCUT2D eigenvalue weighted by atomic mass is 16.1. The van der Waals surface area contributed by atoms with Crippen LogP contribution in [0.5, 0.6) is 0 Å². The lowest BCUT2D eigenvalue weighted by Gasteiger charge is -2.25. The first kappa shape index (κ1) is 11.2. The van der Waals surface area contributed by atoms with Gasteiger partial charge in [0, 0.05) is 17.9 Å². The molecule has 0 saturated heterocycles. The molecule has 2 aromatic carbocycles. The fourth-order valence-corrected chi connectivity index (χ4v) is 2.82. The summed E-state index contributed by atoms with van der Waals surface area (Å²) in [5.41, 5.74) is 4.67. The molecule has 0 fully saturated rings. The van der Waals surface area contributed by atoms with Gasteiger partial charge in [0.15, 0.2) is 5.78 Å². The summed E-state index contributed by atoms with van der Waals surface area (Å²) in [5.74, 6) is 0.663. The highest BCUT2D eigenvalue weighted by Gasteiger charge is 2.26. The van der Waals surface area contributed by atoms with E-state index in [4.69, 9.17) is 0 Å². The molecule has 0 aromatic heterocycles. The Balaban J connectivity index is 2.13. The van der Waals surface area contributed by atoms with E-state index in [0.29, 0.717) is 12.3 Å². The first-order chi connectivity index (χ1) is 8.75. The number of aryl methyl sites for hydroxylation is 1. The van der Waals surface area contributed by atoms with Gasteiger partial charge in [-0.1, -0.05) is 54.1 Å². The number of Topliss-reactive ketones (excluding diaryl/α,β-unsaturated/α-hetero) is 1. The van der Waals surface area contributed by atoms with Gasteiger partial charge in [-0.3, -0.25) is 4.79 Å². The fraction of sp³-hybridized carbons (Fsp3) is 0.235. The van der Waals surface area contributed by atoms with Gasteiger partial charge in [0.05, 0.1) is 0 Å². The first-order valence-electron chi connectivity index (χ1n) is 6.44. The Labute approximate surface area is 107 Å². The highest BCUT2D eigenvalue weighted by molar-refractivity contribution is 5.99. The summed E-state index contributed by atoms with van der Waals surface area (Å²) < 4.78 is 0. The molecule has 3 rings (SSSR count). The van der Waals surface area contributed by atoms with Crippen LogP contribution < -0.4 is 0 Å². The second kappa shape index (κ2) is 4.41. The topological polar surface area (TPSA) is 17.1 Å². The van der Waals surface area contributed by atoms with Gasteiger partial charge in [-0.25, -0.2) is 0 Å². The van der Waals surface area contributed by atoms with Crippen molar-refractivity contribution < 1.29 is 4.79 Å². The molecule has 0 unspecified atom stereocenters. The lowest BCUT2D eigenvalue weighted by molar-refractivity contribution is 0.0969. The van der Waals surface area contributed by atoms with E-state index in [1.165, 1.54) is 16.7 Å². The number of benzene rings is 2. The second-order valence-electron chi connectivity index (χ2n) is 5.02. The minimum Gasteiger partial charge on any atom is -0.294 e. The number of fused-ring (bicyclic) bond motifs is 1. The molecule has 0 amide bonds. The molecule has 0 aliphatic heterocycles. The predicted octanol–water partition coefficient (Wildman–Crippen LogP) is 4.10. The van der Waals surface area contributed by atoms with Crippen molar-refractivity contribution in [3.05, 3.63) is 70.8 Å². The van der Waals surface area contributed by atoms with E-state index >= 15 is 0 Å². The van der Waals surface area contributed by atoms with E-state index in [1.807, 2.05) is 18.2 Å². The van der Waals surface area contributed by atoms with Crippen molar-refractivity contribution in [1.82, 2.24) is 0 Å². The van der Waals surface area contributed by atoms with Crippen molar-refractivity contribution in [2.45, 2.75) is 25.7 Å². The normalized spacial score (nSPS) is 18.5. The molecule has 1 aliphatic carbocycles. The summed E-state index contributed by atoms with van der Waals surface area (Å²) in [6.07, 6.45) is 1.59. The van der Waals surface area contributed by atoms with Crippen LogP contribution in [0.15, 0.2) is 48.5 Å². The van der Waals surface area contributed by atoms with Crippen LogP contribution in [0, 0.1) is 6.92 Å². The lowest BCUT2D eigenvalue weighted by atomic mass is 9.78. The Bertz CT molecular complexity index is 584. The van der Waals surface area contributed by atoms with Crippen LogP contribution in [0.25, 0.3) is 0 Å². The summed E-state index contributed by atoms with van der Waals surface area (Å²) in [4.78, 5) is 12.0. The second-order valence-corrected chi connectivity index (χ2v) is 5.02. The minimum atomic E-state index is 0.289. The Kier molecular flexibility index (Phi) is 2.75. The van der Waals surface area contributed by atoms with Gasteiger partial charge in [-0.2, -0.15) is 0 Å². The first-order valence-corrected chi connectivity index (χ1v) is 6.44. The van der Waals surface area contributed by atoms with E-state index in [-0.39, 0.29) is 5.78 Å². The molecule has 0 heterocycles. The van der Waals surface area contributed by atoms with E-state index in [1.54, 1.807) is 0 Å². The number of carbonyl (C=O) groups is 1. The standard InChI is InChI=1S/C17H16O/c1-12-7-8-15-16(11-12)14(9-10-17(15)18)13-5-3-2-4-6-13/h2-8,11,14H,9-10H2,1H3/t14-/m1/s1. The quantitative estimate of drug-likeness (QED) is 0.728. The molecule has 0 radical (unpaired) electrons. The number of rotatable bonds is 1. The number of hydrogen-bond acceptors (Lipinski definition) is 1. The van der Waals surface area contributed by atoms with Crippen molar-refractivity contribution >= 4 is 5.78 Å². The third-order valence-corrected chi connectivity index (χ3v) is 3.74. The summed E-state index contributed by atoms with van der Waals surface area (Å²) in [7, 11) is 0. The Morgan fingerprint density at radius 1 is 1.06 bits per heavy atom. The van der Waals surface area contributed by atoms with E-state index < -0.39 is 0 Å². The molecule has 2 aromatic rings. The van der Waals surface area contributed by atoms with Gasteiger partial charge in [-0.05, 0) is 24.5 Å². The molecular formula is C17H16O. The SMILES string of the molecule is Cc1ccc2c(c1)[C@@H](c1ccccc1)CCC2=O. The smallest absolute Gasteiger partial charge is 0.163 e.